The molecule has 1 N–H and O–H groups in total. The molecule has 0 radical (unpaired) electrons. The van der Waals surface area contributed by atoms with Gasteiger partial charge in [-0.25, -0.2) is 4.79 Å². The summed E-state index contributed by atoms with van der Waals surface area (Å²) in [5.41, 5.74) is 6.04. The van der Waals surface area contributed by atoms with Gasteiger partial charge in [0.1, 0.15) is 4.88 Å². The van der Waals surface area contributed by atoms with Gasteiger partial charge in [0, 0.05) is 38.7 Å². The molecule has 8 heteroatoms. The largest absolute Gasteiger partial charge is 0.477 e. The summed E-state index contributed by atoms with van der Waals surface area (Å²) in [6.45, 7) is 2.75. The first-order valence-corrected chi connectivity index (χ1v) is 16.1. The lowest BCUT2D eigenvalue weighted by molar-refractivity contribution is 0.0702. The lowest BCUT2D eigenvalue weighted by Gasteiger charge is -2.31. The summed E-state index contributed by atoms with van der Waals surface area (Å²) < 4.78 is 2.28. The lowest BCUT2D eigenvalue weighted by atomic mass is 9.84. The van der Waals surface area contributed by atoms with Crippen LogP contribution in [0.4, 0.5) is 0 Å². The van der Waals surface area contributed by atoms with E-state index < -0.39 is 5.97 Å². The summed E-state index contributed by atoms with van der Waals surface area (Å²) >= 11 is 13.9. The predicted molar refractivity (Wildman–Crippen MR) is 170 cm³/mol. The minimum atomic E-state index is -0.850. The average molecular weight is 617 g/mol. The number of benzene rings is 3. The number of hydrogen-bond acceptors (Lipinski definition) is 4. The smallest absolute Gasteiger partial charge is 0.345 e. The summed E-state index contributed by atoms with van der Waals surface area (Å²) in [6, 6.07) is 27.4. The number of nitrogens with zero attached hydrogens (tertiary/aromatic N) is 3. The molecule has 0 unspecified atom stereocenters. The number of aromatic carboxylic acids is 1. The first-order chi connectivity index (χ1) is 20.4. The van der Waals surface area contributed by atoms with E-state index in [-0.39, 0.29) is 5.92 Å². The number of carbonyl (C=O) groups is 1. The van der Waals surface area contributed by atoms with Crippen molar-refractivity contribution in [3.05, 3.63) is 121 Å². The fourth-order valence-electron chi connectivity index (χ4n) is 6.31. The van der Waals surface area contributed by atoms with Crippen molar-refractivity contribution in [2.75, 3.05) is 13.1 Å². The predicted octanol–water partition coefficient (Wildman–Crippen LogP) is 9.00. The molecule has 2 aromatic heterocycles. The fraction of sp³-hybridized carbons (Fsp3) is 0.294. The van der Waals surface area contributed by atoms with E-state index in [1.54, 1.807) is 6.07 Å². The van der Waals surface area contributed by atoms with Crippen LogP contribution >= 0.6 is 34.5 Å². The van der Waals surface area contributed by atoms with Crippen molar-refractivity contribution in [2.24, 2.45) is 0 Å². The molecule has 1 aliphatic heterocycles. The van der Waals surface area contributed by atoms with E-state index in [0.29, 0.717) is 16.8 Å². The third kappa shape index (κ3) is 5.61. The van der Waals surface area contributed by atoms with Crippen molar-refractivity contribution >= 4 is 51.4 Å². The molecule has 1 saturated heterocycles. The van der Waals surface area contributed by atoms with E-state index in [2.05, 4.69) is 52.0 Å². The fourth-order valence-corrected chi connectivity index (χ4v) is 7.45. The highest BCUT2D eigenvalue weighted by Gasteiger charge is 2.31. The summed E-state index contributed by atoms with van der Waals surface area (Å²) in [5.74, 6) is -0.414. The van der Waals surface area contributed by atoms with E-state index in [0.717, 1.165) is 47.4 Å². The molecule has 5 aromatic rings. The molecule has 1 saturated carbocycles. The van der Waals surface area contributed by atoms with Crippen LogP contribution in [0.5, 0.6) is 0 Å². The van der Waals surface area contributed by atoms with Crippen LogP contribution < -0.4 is 0 Å². The monoisotopic (exact) mass is 615 g/mol. The number of piperidine rings is 1. The van der Waals surface area contributed by atoms with E-state index in [9.17, 15) is 9.90 Å². The van der Waals surface area contributed by atoms with Crippen LogP contribution in [0.1, 0.15) is 80.5 Å². The van der Waals surface area contributed by atoms with Gasteiger partial charge < -0.3 is 5.11 Å². The molecule has 3 heterocycles. The van der Waals surface area contributed by atoms with Crippen molar-refractivity contribution in [3.8, 4) is 0 Å². The van der Waals surface area contributed by atoms with Gasteiger partial charge in [0.25, 0.3) is 0 Å². The Kier molecular flexibility index (Phi) is 7.57. The first-order valence-electron chi connectivity index (χ1n) is 14.5. The maximum Gasteiger partial charge on any atom is 0.345 e. The van der Waals surface area contributed by atoms with Crippen molar-refractivity contribution in [1.82, 2.24) is 14.7 Å². The van der Waals surface area contributed by atoms with Gasteiger partial charge in [-0.1, -0.05) is 53.5 Å². The Labute approximate surface area is 259 Å². The first kappa shape index (κ1) is 27.7. The molecule has 0 spiro atoms. The van der Waals surface area contributed by atoms with Gasteiger partial charge in [0.2, 0.25) is 0 Å². The van der Waals surface area contributed by atoms with E-state index in [1.807, 2.05) is 30.3 Å². The quantitative estimate of drug-likeness (QED) is 0.177. The molecule has 1 aliphatic carbocycles. The Morgan fingerprint density at radius 2 is 1.48 bits per heavy atom. The van der Waals surface area contributed by atoms with Crippen LogP contribution in [-0.4, -0.2) is 38.8 Å². The van der Waals surface area contributed by atoms with Crippen molar-refractivity contribution < 1.29 is 9.90 Å². The standard InChI is InChI=1S/C34H31Cl2N3O2S/c35-25-6-1-21(2-7-25)32(22-3-8-26(36)9-4-22)24-5-13-30-29(19-24)33(37-39(30)27-10-11-27)23-15-17-38(18-16-23)20-28-12-14-31(42-28)34(40)41/h1-9,12-14,19,23,27,32H,10-11,15-18,20H2,(H,40,41). The van der Waals surface area contributed by atoms with Crippen LogP contribution in [-0.2, 0) is 6.54 Å². The van der Waals surface area contributed by atoms with Gasteiger partial charge in [-0.3, -0.25) is 9.58 Å². The number of rotatable bonds is 8. The third-order valence-electron chi connectivity index (χ3n) is 8.62. The molecule has 0 bridgehead atoms. The van der Waals surface area contributed by atoms with Crippen LogP contribution in [0, 0.1) is 0 Å². The second-order valence-corrected chi connectivity index (χ2v) is 13.5. The zero-order chi connectivity index (χ0) is 28.8. The minimum Gasteiger partial charge on any atom is -0.477 e. The van der Waals surface area contributed by atoms with Gasteiger partial charge in [-0.2, -0.15) is 5.10 Å². The second-order valence-electron chi connectivity index (χ2n) is 11.5. The van der Waals surface area contributed by atoms with Crippen LogP contribution in [0.15, 0.2) is 78.9 Å². The topological polar surface area (TPSA) is 58.4 Å². The number of hydrogen-bond donors (Lipinski definition) is 1. The molecule has 3 aromatic carbocycles. The van der Waals surface area contributed by atoms with Crippen LogP contribution in [0.25, 0.3) is 10.9 Å². The van der Waals surface area contributed by atoms with Gasteiger partial charge in [0.05, 0.1) is 17.3 Å². The van der Waals surface area contributed by atoms with E-state index in [4.69, 9.17) is 28.3 Å². The zero-order valence-electron chi connectivity index (χ0n) is 23.0. The summed E-state index contributed by atoms with van der Waals surface area (Å²) in [4.78, 5) is 15.3. The molecule has 7 rings (SSSR count). The zero-order valence-corrected chi connectivity index (χ0v) is 25.4. The third-order valence-corrected chi connectivity index (χ3v) is 10.2. The second kappa shape index (κ2) is 11.5. The Balaban J connectivity index is 1.21. The summed E-state index contributed by atoms with van der Waals surface area (Å²) in [6.07, 6.45) is 4.45. The van der Waals surface area contributed by atoms with Gasteiger partial charge >= 0.3 is 5.97 Å². The van der Waals surface area contributed by atoms with Crippen molar-refractivity contribution in [2.45, 2.75) is 50.1 Å². The Hall–Kier alpha value is -3.16. The normalized spacial score (nSPS) is 16.5. The molecule has 2 fully saturated rings. The number of fused-ring (bicyclic) bond motifs is 1. The number of carboxylic acid groups (broad SMARTS) is 1. The highest BCUT2D eigenvalue weighted by atomic mass is 35.5. The minimum absolute atomic E-state index is 0.0457. The number of aromatic nitrogens is 2. The molecule has 214 valence electrons. The van der Waals surface area contributed by atoms with Crippen molar-refractivity contribution in [3.63, 3.8) is 0 Å². The highest BCUT2D eigenvalue weighted by Crippen LogP contribution is 2.42. The van der Waals surface area contributed by atoms with Gasteiger partial charge in [0.15, 0.2) is 0 Å². The Morgan fingerprint density at radius 3 is 2.05 bits per heavy atom. The van der Waals surface area contributed by atoms with E-state index in [1.165, 1.54) is 57.5 Å². The summed E-state index contributed by atoms with van der Waals surface area (Å²) in [5, 5.41) is 17.3. The Morgan fingerprint density at radius 1 is 0.857 bits per heavy atom. The van der Waals surface area contributed by atoms with Crippen molar-refractivity contribution in [1.29, 1.82) is 0 Å². The van der Waals surface area contributed by atoms with Gasteiger partial charge in [-0.15, -0.1) is 11.3 Å². The molecule has 5 nitrogen and oxygen atoms in total. The van der Waals surface area contributed by atoms with Crippen LogP contribution in [0.3, 0.4) is 0 Å². The maximum absolute atomic E-state index is 11.3. The maximum atomic E-state index is 11.3. The highest BCUT2D eigenvalue weighted by molar-refractivity contribution is 7.13. The number of likely N-dealkylation sites (tertiary alicyclic amines) is 1. The number of thiophene rings is 1. The molecule has 0 atom stereocenters. The van der Waals surface area contributed by atoms with Gasteiger partial charge in [-0.05, 0) is 104 Å². The molecule has 42 heavy (non-hydrogen) atoms. The Bertz CT molecular complexity index is 1690. The molecule has 0 amide bonds. The average Bonchev–Trinajstić information content (AvgIpc) is 3.61. The summed E-state index contributed by atoms with van der Waals surface area (Å²) in [7, 11) is 0. The SMILES string of the molecule is O=C(O)c1ccc(CN2CCC(c3nn(C4CC4)c4ccc(C(c5ccc(Cl)cc5)c5ccc(Cl)cc5)cc34)CC2)s1. The molecule has 2 aliphatic rings. The number of carboxylic acids is 1. The van der Waals surface area contributed by atoms with Crippen LogP contribution in [0.2, 0.25) is 10.0 Å². The lowest BCUT2D eigenvalue weighted by Crippen LogP contribution is -2.32. The number of halogens is 2. The molecular formula is C34H31Cl2N3O2S. The molecular weight excluding hydrogens is 585 g/mol. The van der Waals surface area contributed by atoms with E-state index >= 15 is 0 Å².